The van der Waals surface area contributed by atoms with E-state index in [1.165, 1.54) is 55.4 Å². The van der Waals surface area contributed by atoms with Gasteiger partial charge in [0.2, 0.25) is 0 Å². The maximum atomic E-state index is 12.6. The van der Waals surface area contributed by atoms with Crippen molar-refractivity contribution in [2.45, 2.75) is 63.8 Å². The fourth-order valence-corrected chi connectivity index (χ4v) is 5.53. The predicted molar refractivity (Wildman–Crippen MR) is 92.6 cm³/mol. The molecule has 2 atom stereocenters. The van der Waals surface area contributed by atoms with Crippen molar-refractivity contribution >= 4 is 33.2 Å². The fourth-order valence-electron chi connectivity index (χ4n) is 3.60. The zero-order chi connectivity index (χ0) is 14.7. The largest absolute Gasteiger partial charge is 0.348 e. The summed E-state index contributed by atoms with van der Waals surface area (Å²) in [4.78, 5) is 15.0. The average Bonchev–Trinajstić information content (AvgIpc) is 2.79. The van der Waals surface area contributed by atoms with Crippen LogP contribution < -0.4 is 5.32 Å². The quantitative estimate of drug-likeness (QED) is 0.606. The van der Waals surface area contributed by atoms with Crippen molar-refractivity contribution in [3.05, 3.63) is 21.4 Å². The molecule has 1 saturated carbocycles. The number of alkyl halides is 1. The maximum Gasteiger partial charge on any atom is 0.261 e. The highest BCUT2D eigenvalue weighted by Crippen LogP contribution is 2.30. The smallest absolute Gasteiger partial charge is 0.261 e. The van der Waals surface area contributed by atoms with Gasteiger partial charge in [0.15, 0.2) is 0 Å². The Labute approximate surface area is 139 Å². The third-order valence-electron chi connectivity index (χ3n) is 4.89. The Morgan fingerprint density at radius 2 is 2.00 bits per heavy atom. The van der Waals surface area contributed by atoms with Crippen LogP contribution in [0.5, 0.6) is 0 Å². The van der Waals surface area contributed by atoms with Gasteiger partial charge in [-0.1, -0.05) is 35.2 Å². The highest BCUT2D eigenvalue weighted by molar-refractivity contribution is 9.09. The minimum absolute atomic E-state index is 0.158. The number of rotatable bonds is 3. The second-order valence-corrected chi connectivity index (χ2v) is 8.18. The normalized spacial score (nSPS) is 26.0. The lowest BCUT2D eigenvalue weighted by Gasteiger charge is -2.30. The number of halogens is 1. The molecule has 116 valence electrons. The maximum absolute atomic E-state index is 12.6. The fraction of sp³-hybridized carbons (Fsp3) is 0.706. The molecular formula is C17H24BrNOS. The summed E-state index contributed by atoms with van der Waals surface area (Å²) in [5.41, 5.74) is 1.43. The zero-order valence-corrected chi connectivity index (χ0v) is 14.9. The van der Waals surface area contributed by atoms with E-state index >= 15 is 0 Å². The lowest BCUT2D eigenvalue weighted by atomic mass is 9.86. The summed E-state index contributed by atoms with van der Waals surface area (Å²) in [7, 11) is 0. The first kappa shape index (κ1) is 15.5. The third kappa shape index (κ3) is 3.70. The number of amides is 1. The number of nitrogens with one attached hydrogen (secondary N) is 1. The standard InChI is InChI=1S/C17H24BrNOS/c18-11-13-7-4-5-8-14(13)19-17(20)16-10-12-6-2-1-3-9-15(12)21-16/h10,13-14H,1-9,11H2,(H,19,20). The van der Waals surface area contributed by atoms with Crippen LogP contribution in [0.25, 0.3) is 0 Å². The molecule has 1 amide bonds. The molecule has 2 aliphatic carbocycles. The number of aryl methyl sites for hydroxylation is 2. The molecule has 1 fully saturated rings. The van der Waals surface area contributed by atoms with Crippen LogP contribution in [-0.4, -0.2) is 17.3 Å². The first-order chi connectivity index (χ1) is 10.3. The Hall–Kier alpha value is -0.350. The predicted octanol–water partition coefficient (Wildman–Crippen LogP) is 4.70. The Kier molecular flexibility index (Phi) is 5.38. The monoisotopic (exact) mass is 369 g/mol. The van der Waals surface area contributed by atoms with Crippen molar-refractivity contribution < 1.29 is 4.79 Å². The lowest BCUT2D eigenvalue weighted by molar-refractivity contribution is 0.0916. The van der Waals surface area contributed by atoms with Crippen LogP contribution in [0.2, 0.25) is 0 Å². The van der Waals surface area contributed by atoms with E-state index in [1.807, 2.05) is 0 Å². The number of hydrogen-bond donors (Lipinski definition) is 1. The summed E-state index contributed by atoms with van der Waals surface area (Å²) < 4.78 is 0. The Bertz CT molecular complexity index is 475. The van der Waals surface area contributed by atoms with Crippen LogP contribution in [0.15, 0.2) is 6.07 Å². The van der Waals surface area contributed by atoms with Crippen LogP contribution in [0, 0.1) is 5.92 Å². The van der Waals surface area contributed by atoms with Crippen molar-refractivity contribution in [3.8, 4) is 0 Å². The van der Waals surface area contributed by atoms with Gasteiger partial charge in [-0.2, -0.15) is 0 Å². The number of thiophene rings is 1. The lowest BCUT2D eigenvalue weighted by Crippen LogP contribution is -2.42. The van der Waals surface area contributed by atoms with Crippen LogP contribution >= 0.6 is 27.3 Å². The van der Waals surface area contributed by atoms with Gasteiger partial charge < -0.3 is 5.32 Å². The highest BCUT2D eigenvalue weighted by atomic mass is 79.9. The summed E-state index contributed by atoms with van der Waals surface area (Å²) in [5, 5.41) is 4.30. The Morgan fingerprint density at radius 1 is 1.19 bits per heavy atom. The van der Waals surface area contributed by atoms with E-state index in [1.54, 1.807) is 11.3 Å². The van der Waals surface area contributed by atoms with Gasteiger partial charge in [0, 0.05) is 16.2 Å². The molecule has 0 aromatic carbocycles. The van der Waals surface area contributed by atoms with Gasteiger partial charge in [0.1, 0.15) is 0 Å². The molecule has 1 heterocycles. The summed E-state index contributed by atoms with van der Waals surface area (Å²) in [5.74, 6) is 0.756. The molecule has 2 aliphatic rings. The van der Waals surface area contributed by atoms with Gasteiger partial charge in [0.05, 0.1) is 4.88 Å². The number of carbonyl (C=O) groups is 1. The van der Waals surface area contributed by atoms with Gasteiger partial charge in [0.25, 0.3) is 5.91 Å². The summed E-state index contributed by atoms with van der Waals surface area (Å²) >= 11 is 5.33. The molecule has 0 saturated heterocycles. The Morgan fingerprint density at radius 3 is 2.86 bits per heavy atom. The van der Waals surface area contributed by atoms with Gasteiger partial charge in [-0.15, -0.1) is 11.3 Å². The van der Waals surface area contributed by atoms with E-state index in [9.17, 15) is 4.79 Å². The van der Waals surface area contributed by atoms with Crippen molar-refractivity contribution in [1.29, 1.82) is 0 Å². The zero-order valence-electron chi connectivity index (χ0n) is 12.5. The number of fused-ring (bicyclic) bond motifs is 1. The Balaban J connectivity index is 1.67. The molecule has 0 spiro atoms. The summed E-state index contributed by atoms with van der Waals surface area (Å²) in [6, 6.07) is 2.51. The molecule has 21 heavy (non-hydrogen) atoms. The van der Waals surface area contributed by atoms with Crippen LogP contribution in [-0.2, 0) is 12.8 Å². The van der Waals surface area contributed by atoms with E-state index in [-0.39, 0.29) is 5.91 Å². The second-order valence-electron chi connectivity index (χ2n) is 6.40. The molecule has 1 aromatic rings. The topological polar surface area (TPSA) is 29.1 Å². The number of carbonyl (C=O) groups excluding carboxylic acids is 1. The van der Waals surface area contributed by atoms with Gasteiger partial charge in [-0.25, -0.2) is 0 Å². The van der Waals surface area contributed by atoms with Crippen LogP contribution in [0.4, 0.5) is 0 Å². The molecule has 0 bridgehead atoms. The third-order valence-corrected chi connectivity index (χ3v) is 6.96. The molecule has 0 aliphatic heterocycles. The van der Waals surface area contributed by atoms with E-state index in [0.717, 1.165) is 23.0 Å². The SMILES string of the molecule is O=C(NC1CCCCC1CBr)c1cc2c(s1)CCCCC2. The highest BCUT2D eigenvalue weighted by Gasteiger charge is 2.26. The van der Waals surface area contributed by atoms with E-state index in [4.69, 9.17) is 0 Å². The van der Waals surface area contributed by atoms with Crippen molar-refractivity contribution in [3.63, 3.8) is 0 Å². The van der Waals surface area contributed by atoms with Crippen molar-refractivity contribution in [2.24, 2.45) is 5.92 Å². The second kappa shape index (κ2) is 7.28. The minimum Gasteiger partial charge on any atom is -0.348 e. The molecule has 4 heteroatoms. The molecule has 2 nitrogen and oxygen atoms in total. The summed E-state index contributed by atoms with van der Waals surface area (Å²) in [6.07, 6.45) is 11.1. The molecule has 1 aromatic heterocycles. The van der Waals surface area contributed by atoms with Gasteiger partial charge in [-0.3, -0.25) is 4.79 Å². The van der Waals surface area contributed by atoms with E-state index in [2.05, 4.69) is 27.3 Å². The van der Waals surface area contributed by atoms with Gasteiger partial charge in [-0.05, 0) is 56.1 Å². The van der Waals surface area contributed by atoms with Crippen molar-refractivity contribution in [1.82, 2.24) is 5.32 Å². The molecule has 0 radical (unpaired) electrons. The van der Waals surface area contributed by atoms with Gasteiger partial charge >= 0.3 is 0 Å². The summed E-state index contributed by atoms with van der Waals surface area (Å²) in [6.45, 7) is 0. The number of hydrogen-bond acceptors (Lipinski definition) is 2. The van der Waals surface area contributed by atoms with Crippen molar-refractivity contribution in [2.75, 3.05) is 5.33 Å². The molecular weight excluding hydrogens is 346 g/mol. The molecule has 2 unspecified atom stereocenters. The van der Waals surface area contributed by atoms with Crippen LogP contribution in [0.3, 0.4) is 0 Å². The first-order valence-electron chi connectivity index (χ1n) is 8.26. The average molecular weight is 370 g/mol. The minimum atomic E-state index is 0.158. The van der Waals surface area contributed by atoms with E-state index in [0.29, 0.717) is 12.0 Å². The first-order valence-corrected chi connectivity index (χ1v) is 10.2. The molecule has 1 N–H and O–H groups in total. The van der Waals surface area contributed by atoms with Crippen LogP contribution in [0.1, 0.15) is 65.1 Å². The van der Waals surface area contributed by atoms with E-state index < -0.39 is 0 Å². The molecule has 3 rings (SSSR count).